The molecule has 0 aromatic heterocycles. The zero-order chi connectivity index (χ0) is 17.6. The highest BCUT2D eigenvalue weighted by molar-refractivity contribution is 7.99. The maximum atomic E-state index is 12.5. The van der Waals surface area contributed by atoms with Gasteiger partial charge in [0.1, 0.15) is 0 Å². The van der Waals surface area contributed by atoms with Crippen molar-refractivity contribution in [2.24, 2.45) is 0 Å². The maximum absolute atomic E-state index is 12.5. The standard InChI is InChI=1S/C20H24N2O2S/c1-15-12-22(13-16(2)24-15)14-20(23)21-18-10-6-7-11-19(18)25-17-8-4-3-5-9-17/h3-11,15-16H,12-14H2,1-2H3,(H,21,23)/t15-,16-/m0/s1. The van der Waals surface area contributed by atoms with Crippen molar-refractivity contribution in [1.29, 1.82) is 0 Å². The van der Waals surface area contributed by atoms with E-state index < -0.39 is 0 Å². The molecule has 0 unspecified atom stereocenters. The Hall–Kier alpha value is -1.82. The number of para-hydroxylation sites is 1. The number of hydrogen-bond donors (Lipinski definition) is 1. The van der Waals surface area contributed by atoms with Gasteiger partial charge in [0.25, 0.3) is 0 Å². The van der Waals surface area contributed by atoms with E-state index in [1.807, 2.05) is 56.3 Å². The largest absolute Gasteiger partial charge is 0.373 e. The summed E-state index contributed by atoms with van der Waals surface area (Å²) in [5.74, 6) is 0.0161. The van der Waals surface area contributed by atoms with Crippen LogP contribution in [0.2, 0.25) is 0 Å². The maximum Gasteiger partial charge on any atom is 0.238 e. The molecular formula is C20H24N2O2S. The van der Waals surface area contributed by atoms with E-state index in [4.69, 9.17) is 4.74 Å². The lowest BCUT2D eigenvalue weighted by molar-refractivity contribution is -0.121. The van der Waals surface area contributed by atoms with E-state index in [-0.39, 0.29) is 18.1 Å². The Kier molecular flexibility index (Phi) is 6.13. The molecule has 25 heavy (non-hydrogen) atoms. The summed E-state index contributed by atoms with van der Waals surface area (Å²) in [4.78, 5) is 16.8. The van der Waals surface area contributed by atoms with Crippen molar-refractivity contribution in [3.63, 3.8) is 0 Å². The molecule has 4 nitrogen and oxygen atoms in total. The van der Waals surface area contributed by atoms with E-state index in [9.17, 15) is 4.79 Å². The summed E-state index contributed by atoms with van der Waals surface area (Å²) in [6.45, 7) is 6.07. The van der Waals surface area contributed by atoms with Crippen molar-refractivity contribution in [3.05, 3.63) is 54.6 Å². The van der Waals surface area contributed by atoms with Gasteiger partial charge in [-0.25, -0.2) is 0 Å². The summed E-state index contributed by atoms with van der Waals surface area (Å²) in [5, 5.41) is 3.07. The highest BCUT2D eigenvalue weighted by Gasteiger charge is 2.23. The first-order valence-electron chi connectivity index (χ1n) is 8.60. The molecule has 1 N–H and O–H groups in total. The average Bonchev–Trinajstić information content (AvgIpc) is 2.56. The summed E-state index contributed by atoms with van der Waals surface area (Å²) >= 11 is 1.65. The molecule has 132 valence electrons. The number of carbonyl (C=O) groups excluding carboxylic acids is 1. The Balaban J connectivity index is 1.63. The van der Waals surface area contributed by atoms with Crippen LogP contribution in [0.4, 0.5) is 5.69 Å². The van der Waals surface area contributed by atoms with Crippen LogP contribution in [0.5, 0.6) is 0 Å². The first-order chi connectivity index (χ1) is 12.1. The molecule has 0 radical (unpaired) electrons. The van der Waals surface area contributed by atoms with Crippen LogP contribution in [0.1, 0.15) is 13.8 Å². The third-order valence-electron chi connectivity index (χ3n) is 3.99. The van der Waals surface area contributed by atoms with E-state index in [1.54, 1.807) is 11.8 Å². The van der Waals surface area contributed by atoms with Gasteiger partial charge in [-0.15, -0.1) is 0 Å². The van der Waals surface area contributed by atoms with Crippen LogP contribution in [0.25, 0.3) is 0 Å². The molecule has 0 bridgehead atoms. The SMILES string of the molecule is C[C@H]1CN(CC(=O)Nc2ccccc2Sc2ccccc2)C[C@H](C)O1. The monoisotopic (exact) mass is 356 g/mol. The molecule has 1 aliphatic heterocycles. The van der Waals surface area contributed by atoms with Crippen molar-refractivity contribution >= 4 is 23.4 Å². The highest BCUT2D eigenvalue weighted by Crippen LogP contribution is 2.33. The van der Waals surface area contributed by atoms with Gasteiger partial charge in [0.15, 0.2) is 0 Å². The Morgan fingerprint density at radius 3 is 2.44 bits per heavy atom. The summed E-state index contributed by atoms with van der Waals surface area (Å²) < 4.78 is 5.73. The van der Waals surface area contributed by atoms with E-state index in [0.29, 0.717) is 6.54 Å². The molecule has 0 saturated carbocycles. The number of hydrogen-bond acceptors (Lipinski definition) is 4. The number of ether oxygens (including phenoxy) is 1. The lowest BCUT2D eigenvalue weighted by atomic mass is 10.2. The number of rotatable bonds is 5. The minimum Gasteiger partial charge on any atom is -0.373 e. The molecule has 1 saturated heterocycles. The first-order valence-corrected chi connectivity index (χ1v) is 9.41. The number of amides is 1. The van der Waals surface area contributed by atoms with Crippen molar-refractivity contribution < 1.29 is 9.53 Å². The van der Waals surface area contributed by atoms with Crippen LogP contribution >= 0.6 is 11.8 Å². The Bertz CT molecular complexity index is 698. The van der Waals surface area contributed by atoms with Crippen LogP contribution in [0.15, 0.2) is 64.4 Å². The molecule has 1 heterocycles. The number of carbonyl (C=O) groups is 1. The summed E-state index contributed by atoms with van der Waals surface area (Å²) in [6.07, 6.45) is 0.329. The van der Waals surface area contributed by atoms with E-state index >= 15 is 0 Å². The number of nitrogens with zero attached hydrogens (tertiary/aromatic N) is 1. The Morgan fingerprint density at radius 1 is 1.08 bits per heavy atom. The molecule has 0 spiro atoms. The molecule has 1 fully saturated rings. The van der Waals surface area contributed by atoms with E-state index in [2.05, 4.69) is 22.3 Å². The number of benzene rings is 2. The zero-order valence-electron chi connectivity index (χ0n) is 14.6. The van der Waals surface area contributed by atoms with Gasteiger partial charge in [0, 0.05) is 22.9 Å². The van der Waals surface area contributed by atoms with Crippen molar-refractivity contribution in [2.75, 3.05) is 25.0 Å². The van der Waals surface area contributed by atoms with E-state index in [1.165, 1.54) is 0 Å². The van der Waals surface area contributed by atoms with Crippen molar-refractivity contribution in [1.82, 2.24) is 4.90 Å². The van der Waals surface area contributed by atoms with Crippen LogP contribution in [0, 0.1) is 0 Å². The van der Waals surface area contributed by atoms with Gasteiger partial charge in [0.2, 0.25) is 5.91 Å². The van der Waals surface area contributed by atoms with E-state index in [0.717, 1.165) is 28.6 Å². The first kappa shape index (κ1) is 18.0. The third kappa shape index (κ3) is 5.33. The lowest BCUT2D eigenvalue weighted by Crippen LogP contribution is -2.48. The molecule has 0 aliphatic carbocycles. The van der Waals surface area contributed by atoms with Crippen LogP contribution in [-0.4, -0.2) is 42.6 Å². The fourth-order valence-corrected chi connectivity index (χ4v) is 4.00. The fraction of sp³-hybridized carbons (Fsp3) is 0.350. The predicted molar refractivity (Wildman–Crippen MR) is 102 cm³/mol. The fourth-order valence-electron chi connectivity index (χ4n) is 3.08. The second kappa shape index (κ2) is 8.52. The molecule has 1 amide bonds. The van der Waals surface area contributed by atoms with Crippen LogP contribution in [-0.2, 0) is 9.53 Å². The molecule has 3 rings (SSSR count). The minimum atomic E-state index is 0.0161. The quantitative estimate of drug-likeness (QED) is 0.883. The summed E-state index contributed by atoms with van der Waals surface area (Å²) in [6, 6.07) is 18.1. The summed E-state index contributed by atoms with van der Waals surface area (Å²) in [5.41, 5.74) is 0.857. The average molecular weight is 356 g/mol. The zero-order valence-corrected chi connectivity index (χ0v) is 15.5. The Morgan fingerprint density at radius 2 is 1.72 bits per heavy atom. The van der Waals surface area contributed by atoms with Gasteiger partial charge < -0.3 is 10.1 Å². The smallest absolute Gasteiger partial charge is 0.238 e. The van der Waals surface area contributed by atoms with Gasteiger partial charge in [0.05, 0.1) is 24.4 Å². The third-order valence-corrected chi connectivity index (χ3v) is 5.08. The summed E-state index contributed by atoms with van der Waals surface area (Å²) in [7, 11) is 0. The lowest BCUT2D eigenvalue weighted by Gasteiger charge is -2.34. The van der Waals surface area contributed by atoms with Crippen molar-refractivity contribution in [2.45, 2.75) is 35.8 Å². The van der Waals surface area contributed by atoms with Crippen molar-refractivity contribution in [3.8, 4) is 0 Å². The molecule has 5 heteroatoms. The number of morpholine rings is 1. The molecule has 2 atom stereocenters. The van der Waals surface area contributed by atoms with Gasteiger partial charge in [-0.2, -0.15) is 0 Å². The number of nitrogens with one attached hydrogen (secondary N) is 1. The minimum absolute atomic E-state index is 0.0161. The number of anilines is 1. The van der Waals surface area contributed by atoms with Gasteiger partial charge in [-0.1, -0.05) is 42.1 Å². The van der Waals surface area contributed by atoms with Gasteiger partial charge in [-0.05, 0) is 38.1 Å². The van der Waals surface area contributed by atoms with Gasteiger partial charge in [-0.3, -0.25) is 9.69 Å². The van der Waals surface area contributed by atoms with Gasteiger partial charge >= 0.3 is 0 Å². The molecule has 1 aliphatic rings. The Labute approximate surface area is 153 Å². The molecule has 2 aromatic carbocycles. The highest BCUT2D eigenvalue weighted by atomic mass is 32.2. The molecular weight excluding hydrogens is 332 g/mol. The normalized spacial score (nSPS) is 21.0. The second-order valence-electron chi connectivity index (χ2n) is 6.41. The predicted octanol–water partition coefficient (Wildman–Crippen LogP) is 3.89. The molecule has 2 aromatic rings. The van der Waals surface area contributed by atoms with Crippen LogP contribution < -0.4 is 5.32 Å². The van der Waals surface area contributed by atoms with Crippen LogP contribution in [0.3, 0.4) is 0 Å². The topological polar surface area (TPSA) is 41.6 Å². The second-order valence-corrected chi connectivity index (χ2v) is 7.53.